The van der Waals surface area contributed by atoms with Crippen molar-refractivity contribution >= 4 is 18.0 Å². The van der Waals surface area contributed by atoms with Crippen LogP contribution in [0.5, 0.6) is 0 Å². The molecule has 0 aliphatic rings. The van der Waals surface area contributed by atoms with Crippen LogP contribution in [0, 0.1) is 5.82 Å². The zero-order valence-electron chi connectivity index (χ0n) is 12.4. The van der Waals surface area contributed by atoms with Gasteiger partial charge in [-0.15, -0.1) is 11.8 Å². The van der Waals surface area contributed by atoms with Crippen LogP contribution in [0.3, 0.4) is 0 Å². The number of halogens is 1. The van der Waals surface area contributed by atoms with Gasteiger partial charge < -0.3 is 0 Å². The van der Waals surface area contributed by atoms with Crippen LogP contribution in [0.15, 0.2) is 77.7 Å². The van der Waals surface area contributed by atoms with Crippen LogP contribution in [0.25, 0.3) is 11.1 Å². The summed E-state index contributed by atoms with van der Waals surface area (Å²) in [7, 11) is 0. The van der Waals surface area contributed by atoms with Gasteiger partial charge in [0.05, 0.1) is 5.56 Å². The maximum absolute atomic E-state index is 13.7. The Morgan fingerprint density at radius 2 is 1.57 bits per heavy atom. The van der Waals surface area contributed by atoms with E-state index in [-0.39, 0.29) is 5.56 Å². The van der Waals surface area contributed by atoms with E-state index >= 15 is 0 Å². The Labute approximate surface area is 139 Å². The number of thioether (sulfide) groups is 1. The minimum Gasteiger partial charge on any atom is -0.298 e. The summed E-state index contributed by atoms with van der Waals surface area (Å²) in [6.45, 7) is 0. The Balaban J connectivity index is 1.72. The first-order valence-electron chi connectivity index (χ1n) is 7.28. The van der Waals surface area contributed by atoms with Crippen LogP contribution in [0.4, 0.5) is 4.39 Å². The number of carbonyl (C=O) groups excluding carboxylic acids is 1. The lowest BCUT2D eigenvalue weighted by molar-refractivity contribution is 0.112. The van der Waals surface area contributed by atoms with E-state index in [1.165, 1.54) is 22.6 Å². The molecule has 0 saturated heterocycles. The van der Waals surface area contributed by atoms with E-state index in [4.69, 9.17) is 0 Å². The lowest BCUT2D eigenvalue weighted by Gasteiger charge is -2.06. The highest BCUT2D eigenvalue weighted by Crippen LogP contribution is 2.27. The Bertz CT molecular complexity index is 798. The minimum absolute atomic E-state index is 0.0868. The summed E-state index contributed by atoms with van der Waals surface area (Å²) >= 11 is 1.77. The molecule has 0 bridgehead atoms. The molecule has 0 aromatic heterocycles. The summed E-state index contributed by atoms with van der Waals surface area (Å²) in [5.41, 5.74) is 3.08. The number of hydrogen-bond acceptors (Lipinski definition) is 2. The number of aldehydes is 1. The molecule has 0 radical (unpaired) electrons. The fourth-order valence-electron chi connectivity index (χ4n) is 2.29. The van der Waals surface area contributed by atoms with Gasteiger partial charge in [-0.25, -0.2) is 4.39 Å². The molecule has 1 nitrogen and oxygen atoms in total. The van der Waals surface area contributed by atoms with Gasteiger partial charge in [-0.05, 0) is 41.0 Å². The third-order valence-electron chi connectivity index (χ3n) is 3.56. The van der Waals surface area contributed by atoms with Crippen molar-refractivity contribution in [1.82, 2.24) is 0 Å². The summed E-state index contributed by atoms with van der Waals surface area (Å²) in [5, 5.41) is 0. The van der Waals surface area contributed by atoms with E-state index in [1.54, 1.807) is 17.8 Å². The van der Waals surface area contributed by atoms with E-state index in [2.05, 4.69) is 12.1 Å². The third-order valence-corrected chi connectivity index (χ3v) is 4.65. The summed E-state index contributed by atoms with van der Waals surface area (Å²) in [6, 6.07) is 23.0. The number of rotatable bonds is 5. The molecule has 23 heavy (non-hydrogen) atoms. The van der Waals surface area contributed by atoms with E-state index in [0.29, 0.717) is 6.29 Å². The molecule has 0 heterocycles. The average molecular weight is 322 g/mol. The van der Waals surface area contributed by atoms with Crippen LogP contribution in [-0.2, 0) is 5.75 Å². The van der Waals surface area contributed by atoms with Crippen molar-refractivity contribution in [3.05, 3.63) is 89.7 Å². The molecule has 3 aromatic rings. The van der Waals surface area contributed by atoms with Crippen molar-refractivity contribution in [1.29, 1.82) is 0 Å². The van der Waals surface area contributed by atoms with Gasteiger partial charge >= 0.3 is 0 Å². The molecule has 3 rings (SSSR count). The van der Waals surface area contributed by atoms with Crippen molar-refractivity contribution in [3.63, 3.8) is 0 Å². The lowest BCUT2D eigenvalue weighted by Crippen LogP contribution is -1.88. The van der Waals surface area contributed by atoms with Crippen LogP contribution >= 0.6 is 11.8 Å². The van der Waals surface area contributed by atoms with Crippen LogP contribution in [-0.4, -0.2) is 6.29 Å². The third kappa shape index (κ3) is 3.88. The maximum Gasteiger partial charge on any atom is 0.152 e. The summed E-state index contributed by atoms with van der Waals surface area (Å²) in [4.78, 5) is 11.8. The lowest BCUT2D eigenvalue weighted by atomic mass is 10.0. The van der Waals surface area contributed by atoms with Gasteiger partial charge in [0.2, 0.25) is 0 Å². The van der Waals surface area contributed by atoms with Crippen LogP contribution in [0.1, 0.15) is 15.9 Å². The topological polar surface area (TPSA) is 17.1 Å². The Hall–Kier alpha value is -2.39. The van der Waals surface area contributed by atoms with E-state index < -0.39 is 5.82 Å². The second-order valence-electron chi connectivity index (χ2n) is 5.15. The van der Waals surface area contributed by atoms with Crippen LogP contribution in [0.2, 0.25) is 0 Å². The minimum atomic E-state index is -0.486. The van der Waals surface area contributed by atoms with Crippen molar-refractivity contribution in [3.8, 4) is 11.1 Å². The second kappa shape index (κ2) is 7.25. The summed E-state index contributed by atoms with van der Waals surface area (Å²) < 4.78 is 13.7. The zero-order valence-corrected chi connectivity index (χ0v) is 13.2. The molecule has 0 aliphatic carbocycles. The highest BCUT2D eigenvalue weighted by molar-refractivity contribution is 7.98. The van der Waals surface area contributed by atoms with Crippen molar-refractivity contribution in [2.75, 3.05) is 0 Å². The Morgan fingerprint density at radius 1 is 0.870 bits per heavy atom. The molecule has 0 aliphatic heterocycles. The average Bonchev–Trinajstić information content (AvgIpc) is 2.61. The molecule has 0 saturated carbocycles. The van der Waals surface area contributed by atoms with E-state index in [0.717, 1.165) is 16.9 Å². The standard InChI is InChI=1S/C20H15FOS/c21-20-12-17(6-7-18(20)13-22)16-8-10-19(11-9-16)23-14-15-4-2-1-3-5-15/h1-13H,14H2. The first-order valence-corrected chi connectivity index (χ1v) is 8.27. The molecule has 0 amide bonds. The smallest absolute Gasteiger partial charge is 0.152 e. The second-order valence-corrected chi connectivity index (χ2v) is 6.20. The SMILES string of the molecule is O=Cc1ccc(-c2ccc(SCc3ccccc3)cc2)cc1F. The predicted octanol–water partition coefficient (Wildman–Crippen LogP) is 5.60. The molecule has 0 fully saturated rings. The van der Waals surface area contributed by atoms with Crippen LogP contribution < -0.4 is 0 Å². The van der Waals surface area contributed by atoms with Gasteiger partial charge in [0.25, 0.3) is 0 Å². The molecule has 0 spiro atoms. The number of carbonyl (C=O) groups is 1. The van der Waals surface area contributed by atoms with Gasteiger partial charge in [0, 0.05) is 10.6 Å². The molecule has 114 valence electrons. The predicted molar refractivity (Wildman–Crippen MR) is 93.2 cm³/mol. The molecular formula is C20H15FOS. The number of benzene rings is 3. The van der Waals surface area contributed by atoms with E-state index in [1.807, 2.05) is 42.5 Å². The van der Waals surface area contributed by atoms with E-state index in [9.17, 15) is 9.18 Å². The highest BCUT2D eigenvalue weighted by Gasteiger charge is 2.05. The monoisotopic (exact) mass is 322 g/mol. The molecule has 0 N–H and O–H groups in total. The van der Waals surface area contributed by atoms with Gasteiger partial charge in [-0.2, -0.15) is 0 Å². The Kier molecular flexibility index (Phi) is 4.89. The molecular weight excluding hydrogens is 307 g/mol. The van der Waals surface area contributed by atoms with Crippen molar-refractivity contribution in [2.45, 2.75) is 10.6 Å². The summed E-state index contributed by atoms with van der Waals surface area (Å²) in [6.07, 6.45) is 0.530. The molecule has 3 heteroatoms. The largest absolute Gasteiger partial charge is 0.298 e. The molecule has 0 atom stereocenters. The Morgan fingerprint density at radius 3 is 2.22 bits per heavy atom. The zero-order chi connectivity index (χ0) is 16.1. The van der Waals surface area contributed by atoms with Gasteiger partial charge in [0.1, 0.15) is 5.82 Å². The summed E-state index contributed by atoms with van der Waals surface area (Å²) in [5.74, 6) is 0.433. The number of hydrogen-bond donors (Lipinski definition) is 0. The van der Waals surface area contributed by atoms with Gasteiger partial charge in [0.15, 0.2) is 6.29 Å². The first kappa shape index (κ1) is 15.5. The normalized spacial score (nSPS) is 10.5. The van der Waals surface area contributed by atoms with Crippen molar-refractivity contribution < 1.29 is 9.18 Å². The molecule has 0 unspecified atom stereocenters. The van der Waals surface area contributed by atoms with Crippen molar-refractivity contribution in [2.24, 2.45) is 0 Å². The fraction of sp³-hybridized carbons (Fsp3) is 0.0500. The highest BCUT2D eigenvalue weighted by atomic mass is 32.2. The van der Waals surface area contributed by atoms with Gasteiger partial charge in [-0.3, -0.25) is 4.79 Å². The first-order chi connectivity index (χ1) is 11.3. The maximum atomic E-state index is 13.7. The van der Waals surface area contributed by atoms with Gasteiger partial charge in [-0.1, -0.05) is 48.5 Å². The quantitative estimate of drug-likeness (QED) is 0.449. The molecule has 3 aromatic carbocycles. The fourth-order valence-corrected chi connectivity index (χ4v) is 3.14.